The van der Waals surface area contributed by atoms with E-state index in [0.717, 1.165) is 16.9 Å². The van der Waals surface area contributed by atoms with Gasteiger partial charge in [0.25, 0.3) is 5.91 Å². The van der Waals surface area contributed by atoms with Gasteiger partial charge < -0.3 is 19.9 Å². The van der Waals surface area contributed by atoms with Crippen molar-refractivity contribution in [3.63, 3.8) is 0 Å². The Bertz CT molecular complexity index is 978. The van der Waals surface area contributed by atoms with E-state index in [0.29, 0.717) is 44.6 Å². The third kappa shape index (κ3) is 6.59. The summed E-state index contributed by atoms with van der Waals surface area (Å²) in [7, 11) is 1.63. The first-order valence-corrected chi connectivity index (χ1v) is 11.9. The minimum atomic E-state index is -0.605. The number of benzene rings is 2. The van der Waals surface area contributed by atoms with Gasteiger partial charge in [-0.1, -0.05) is 43.7 Å². The minimum Gasteiger partial charge on any atom is -0.497 e. The predicted octanol–water partition coefficient (Wildman–Crippen LogP) is 3.06. The smallest absolute Gasteiger partial charge is 0.251 e. The number of hydrogen-bond donors (Lipinski definition) is 1. The van der Waals surface area contributed by atoms with Crippen LogP contribution in [0.15, 0.2) is 48.5 Å². The second-order valence-corrected chi connectivity index (χ2v) is 9.12. The molecule has 1 fully saturated rings. The number of hydrogen-bond acceptors (Lipinski definition) is 4. The Morgan fingerprint density at radius 3 is 2.06 bits per heavy atom. The highest BCUT2D eigenvalue weighted by atomic mass is 16.5. The number of carbonyl (C=O) groups excluding carboxylic acids is 3. The van der Waals surface area contributed by atoms with Crippen molar-refractivity contribution in [2.75, 3.05) is 33.3 Å². The molecule has 3 amide bonds. The van der Waals surface area contributed by atoms with Crippen molar-refractivity contribution in [2.45, 2.75) is 39.7 Å². The molecule has 7 heteroatoms. The highest BCUT2D eigenvalue weighted by Crippen LogP contribution is 2.15. The lowest BCUT2D eigenvalue weighted by atomic mass is 10.0. The lowest BCUT2D eigenvalue weighted by Crippen LogP contribution is -2.57. The Balaban J connectivity index is 1.50. The topological polar surface area (TPSA) is 79.0 Å². The van der Waals surface area contributed by atoms with Gasteiger partial charge in [0.05, 0.1) is 7.11 Å². The van der Waals surface area contributed by atoms with Gasteiger partial charge in [-0.15, -0.1) is 0 Å². The van der Waals surface area contributed by atoms with Crippen molar-refractivity contribution in [1.29, 1.82) is 0 Å². The quantitative estimate of drug-likeness (QED) is 0.650. The maximum absolute atomic E-state index is 13.2. The first kappa shape index (κ1) is 25.3. The molecule has 34 heavy (non-hydrogen) atoms. The van der Waals surface area contributed by atoms with E-state index < -0.39 is 6.04 Å². The number of amides is 3. The molecule has 1 aliphatic heterocycles. The van der Waals surface area contributed by atoms with Gasteiger partial charge in [-0.2, -0.15) is 0 Å². The van der Waals surface area contributed by atoms with Crippen LogP contribution >= 0.6 is 0 Å². The molecule has 1 unspecified atom stereocenters. The summed E-state index contributed by atoms with van der Waals surface area (Å²) >= 11 is 0. The van der Waals surface area contributed by atoms with Crippen LogP contribution < -0.4 is 10.1 Å². The van der Waals surface area contributed by atoms with Gasteiger partial charge in [0.2, 0.25) is 11.8 Å². The van der Waals surface area contributed by atoms with Gasteiger partial charge in [0, 0.05) is 38.2 Å². The molecule has 1 N–H and O–H groups in total. The second-order valence-electron chi connectivity index (χ2n) is 9.12. The molecule has 0 bridgehead atoms. The molecule has 0 aromatic heterocycles. The SMILES string of the molecule is COc1ccc(CCC(=O)N2CCN(C(=O)C(NC(=O)c3ccc(C)cc3)C(C)C)CC2)cc1. The van der Waals surface area contributed by atoms with Crippen molar-refractivity contribution in [2.24, 2.45) is 5.92 Å². The average molecular weight is 466 g/mol. The molecule has 0 aliphatic carbocycles. The van der Waals surface area contributed by atoms with E-state index in [1.807, 2.05) is 62.1 Å². The first-order chi connectivity index (χ1) is 16.3. The molecule has 0 spiro atoms. The third-order valence-corrected chi connectivity index (χ3v) is 6.26. The highest BCUT2D eigenvalue weighted by molar-refractivity contribution is 5.97. The van der Waals surface area contributed by atoms with E-state index in [4.69, 9.17) is 4.74 Å². The number of carbonyl (C=O) groups is 3. The monoisotopic (exact) mass is 465 g/mol. The van der Waals surface area contributed by atoms with Crippen LogP contribution in [0.1, 0.15) is 41.8 Å². The van der Waals surface area contributed by atoms with Gasteiger partial charge in [0.15, 0.2) is 0 Å². The Morgan fingerprint density at radius 1 is 0.912 bits per heavy atom. The summed E-state index contributed by atoms with van der Waals surface area (Å²) in [4.78, 5) is 42.1. The summed E-state index contributed by atoms with van der Waals surface area (Å²) in [5.74, 6) is 0.493. The van der Waals surface area contributed by atoms with Crippen molar-refractivity contribution in [1.82, 2.24) is 15.1 Å². The molecule has 2 aromatic carbocycles. The normalized spacial score (nSPS) is 14.6. The molecule has 2 aromatic rings. The Labute approximate surface area is 202 Å². The first-order valence-electron chi connectivity index (χ1n) is 11.9. The lowest BCUT2D eigenvalue weighted by Gasteiger charge is -2.37. The standard InChI is InChI=1S/C27H35N3O4/c1-19(2)25(28-26(32)22-10-5-20(3)6-11-22)27(33)30-17-15-29(16-18-30)24(31)14-9-21-7-12-23(34-4)13-8-21/h5-8,10-13,19,25H,9,14-18H2,1-4H3,(H,28,32). The average Bonchev–Trinajstić information content (AvgIpc) is 2.86. The fourth-order valence-electron chi connectivity index (χ4n) is 4.02. The Kier molecular flexibility index (Phi) is 8.68. The maximum atomic E-state index is 13.2. The molecule has 182 valence electrons. The summed E-state index contributed by atoms with van der Waals surface area (Å²) in [5, 5.41) is 2.91. The van der Waals surface area contributed by atoms with E-state index in [9.17, 15) is 14.4 Å². The highest BCUT2D eigenvalue weighted by Gasteiger charge is 2.31. The molecule has 1 saturated heterocycles. The molecular weight excluding hydrogens is 430 g/mol. The van der Waals surface area contributed by atoms with Crippen LogP contribution in [0, 0.1) is 12.8 Å². The Hall–Kier alpha value is -3.35. The van der Waals surface area contributed by atoms with Gasteiger partial charge >= 0.3 is 0 Å². The lowest BCUT2D eigenvalue weighted by molar-refractivity contribution is -0.141. The molecule has 0 saturated carbocycles. The maximum Gasteiger partial charge on any atom is 0.251 e. The van der Waals surface area contributed by atoms with Crippen molar-refractivity contribution < 1.29 is 19.1 Å². The second kappa shape index (κ2) is 11.7. The van der Waals surface area contributed by atoms with Gasteiger partial charge in [-0.3, -0.25) is 14.4 Å². The summed E-state index contributed by atoms with van der Waals surface area (Å²) < 4.78 is 5.17. The third-order valence-electron chi connectivity index (χ3n) is 6.26. The Morgan fingerprint density at radius 2 is 1.50 bits per heavy atom. The summed E-state index contributed by atoms with van der Waals surface area (Å²) in [6.07, 6.45) is 1.10. The molecular formula is C27H35N3O4. The van der Waals surface area contributed by atoms with Gasteiger partial charge in [-0.05, 0) is 49.1 Å². The van der Waals surface area contributed by atoms with Crippen LogP contribution in [0.3, 0.4) is 0 Å². The number of ether oxygens (including phenoxy) is 1. The van der Waals surface area contributed by atoms with Crippen molar-refractivity contribution >= 4 is 17.7 Å². The fourth-order valence-corrected chi connectivity index (χ4v) is 4.02. The van der Waals surface area contributed by atoms with Crippen LogP contribution in [-0.2, 0) is 16.0 Å². The van der Waals surface area contributed by atoms with E-state index in [-0.39, 0.29) is 23.6 Å². The van der Waals surface area contributed by atoms with E-state index in [1.54, 1.807) is 24.1 Å². The van der Waals surface area contributed by atoms with E-state index in [1.165, 1.54) is 0 Å². The van der Waals surface area contributed by atoms with Crippen LogP contribution in [0.2, 0.25) is 0 Å². The van der Waals surface area contributed by atoms with E-state index >= 15 is 0 Å². The zero-order valence-corrected chi connectivity index (χ0v) is 20.5. The number of methoxy groups -OCH3 is 1. The number of aryl methyl sites for hydroxylation is 2. The zero-order valence-electron chi connectivity index (χ0n) is 20.5. The van der Waals surface area contributed by atoms with Crippen LogP contribution in [0.4, 0.5) is 0 Å². The summed E-state index contributed by atoms with van der Waals surface area (Å²) in [6.45, 7) is 7.76. The molecule has 3 rings (SSSR count). The number of nitrogens with zero attached hydrogens (tertiary/aromatic N) is 2. The zero-order chi connectivity index (χ0) is 24.7. The van der Waals surface area contributed by atoms with E-state index in [2.05, 4.69) is 5.32 Å². The molecule has 1 aliphatic rings. The number of nitrogens with one attached hydrogen (secondary N) is 1. The van der Waals surface area contributed by atoms with Crippen LogP contribution in [0.5, 0.6) is 5.75 Å². The minimum absolute atomic E-state index is 0.0499. The summed E-state index contributed by atoms with van der Waals surface area (Å²) in [5.41, 5.74) is 2.70. The van der Waals surface area contributed by atoms with Crippen LogP contribution in [0.25, 0.3) is 0 Å². The summed E-state index contributed by atoms with van der Waals surface area (Å²) in [6, 6.07) is 14.4. The van der Waals surface area contributed by atoms with Crippen molar-refractivity contribution in [3.05, 3.63) is 65.2 Å². The van der Waals surface area contributed by atoms with Crippen LogP contribution in [-0.4, -0.2) is 66.9 Å². The fraction of sp³-hybridized carbons (Fsp3) is 0.444. The number of piperazine rings is 1. The number of rotatable bonds is 8. The predicted molar refractivity (Wildman–Crippen MR) is 132 cm³/mol. The molecule has 1 atom stereocenters. The molecule has 0 radical (unpaired) electrons. The largest absolute Gasteiger partial charge is 0.497 e. The van der Waals surface area contributed by atoms with Gasteiger partial charge in [-0.25, -0.2) is 0 Å². The molecule has 7 nitrogen and oxygen atoms in total. The molecule has 1 heterocycles. The van der Waals surface area contributed by atoms with Crippen molar-refractivity contribution in [3.8, 4) is 5.75 Å². The van der Waals surface area contributed by atoms with Gasteiger partial charge in [0.1, 0.15) is 11.8 Å².